The van der Waals surface area contributed by atoms with Crippen LogP contribution in [-0.2, 0) is 24.4 Å². The van der Waals surface area contributed by atoms with E-state index in [0.717, 1.165) is 4.90 Å². The Morgan fingerprint density at radius 2 is 1.67 bits per heavy atom. The molecule has 0 aromatic heterocycles. The Balaban J connectivity index is 1.58. The molecular formula is C16H26F3N3O7S. The molecule has 0 bridgehead atoms. The molecule has 0 radical (unpaired) electrons. The van der Waals surface area contributed by atoms with Gasteiger partial charge in [0.1, 0.15) is 0 Å². The zero-order valence-electron chi connectivity index (χ0n) is 16.3. The summed E-state index contributed by atoms with van der Waals surface area (Å²) in [4.78, 5) is 13.2. The molecule has 0 aliphatic carbocycles. The number of alkyl halides is 3. The van der Waals surface area contributed by atoms with Crippen molar-refractivity contribution in [2.75, 3.05) is 65.7 Å². The van der Waals surface area contributed by atoms with Crippen LogP contribution in [0.3, 0.4) is 0 Å². The number of likely N-dealkylation sites (tertiary alicyclic amines) is 1. The van der Waals surface area contributed by atoms with Crippen LogP contribution in [0.1, 0.15) is 12.8 Å². The van der Waals surface area contributed by atoms with Gasteiger partial charge in [0.2, 0.25) is 6.10 Å². The smallest absolute Gasteiger partial charge is 0.427 e. The van der Waals surface area contributed by atoms with Crippen molar-refractivity contribution < 1.29 is 45.7 Å². The lowest BCUT2D eigenvalue weighted by Crippen LogP contribution is -2.61. The normalized spacial score (nSPS) is 25.3. The molecule has 0 aromatic rings. The molecule has 3 aliphatic rings. The van der Waals surface area contributed by atoms with Crippen LogP contribution in [0.15, 0.2) is 0 Å². The van der Waals surface area contributed by atoms with Crippen molar-refractivity contribution in [3.05, 3.63) is 0 Å². The molecule has 30 heavy (non-hydrogen) atoms. The summed E-state index contributed by atoms with van der Waals surface area (Å²) in [6.07, 6.45) is -8.10. The summed E-state index contributed by atoms with van der Waals surface area (Å²) in [6.45, 7) is 0.472. The van der Waals surface area contributed by atoms with Crippen LogP contribution < -0.4 is 0 Å². The van der Waals surface area contributed by atoms with E-state index < -0.39 is 40.8 Å². The molecule has 0 saturated carbocycles. The minimum absolute atomic E-state index is 0.0558. The quantitative estimate of drug-likeness (QED) is 0.617. The molecule has 1 atom stereocenters. The van der Waals surface area contributed by atoms with Gasteiger partial charge in [-0.2, -0.15) is 30.2 Å². The molecule has 3 heterocycles. The van der Waals surface area contributed by atoms with E-state index in [1.807, 2.05) is 0 Å². The molecule has 3 rings (SSSR count). The summed E-state index contributed by atoms with van der Waals surface area (Å²) in [5, 5.41) is 8.81. The first-order valence-corrected chi connectivity index (χ1v) is 11.1. The SMILES string of the molecule is O=C(O[C@H](CO)C(F)(F)F)N1CCC2(CC1)CN(S(=O)(=O)N1CCOCC1)CCO2. The predicted octanol–water partition coefficient (Wildman–Crippen LogP) is -0.210. The lowest BCUT2D eigenvalue weighted by molar-refractivity contribution is -0.215. The number of hydrogen-bond donors (Lipinski definition) is 1. The Bertz CT molecular complexity index is 707. The fraction of sp³-hybridized carbons (Fsp3) is 0.938. The predicted molar refractivity (Wildman–Crippen MR) is 95.8 cm³/mol. The zero-order valence-corrected chi connectivity index (χ0v) is 17.2. The Labute approximate surface area is 172 Å². The van der Waals surface area contributed by atoms with Gasteiger partial charge < -0.3 is 24.2 Å². The molecule has 14 heteroatoms. The van der Waals surface area contributed by atoms with Crippen LogP contribution in [-0.4, -0.2) is 117 Å². The van der Waals surface area contributed by atoms with Gasteiger partial charge in [0.05, 0.1) is 32.0 Å². The van der Waals surface area contributed by atoms with E-state index in [9.17, 15) is 26.4 Å². The molecule has 3 fully saturated rings. The van der Waals surface area contributed by atoms with E-state index in [2.05, 4.69) is 4.74 Å². The molecule has 10 nitrogen and oxygen atoms in total. The molecule has 0 aromatic carbocycles. The lowest BCUT2D eigenvalue weighted by atomic mass is 9.90. The van der Waals surface area contributed by atoms with E-state index in [1.165, 1.54) is 8.61 Å². The van der Waals surface area contributed by atoms with Crippen molar-refractivity contribution >= 4 is 16.3 Å². The average Bonchev–Trinajstić information content (AvgIpc) is 2.72. The van der Waals surface area contributed by atoms with Crippen molar-refractivity contribution in [2.24, 2.45) is 0 Å². The molecule has 0 unspecified atom stereocenters. The summed E-state index contributed by atoms with van der Waals surface area (Å²) in [5.41, 5.74) is -0.811. The third-order valence-electron chi connectivity index (χ3n) is 5.54. The van der Waals surface area contributed by atoms with Gasteiger partial charge in [-0.15, -0.1) is 0 Å². The minimum atomic E-state index is -4.86. The van der Waals surface area contributed by atoms with E-state index >= 15 is 0 Å². The molecule has 3 saturated heterocycles. The maximum absolute atomic E-state index is 12.9. The Kier molecular flexibility index (Phi) is 7.14. The monoisotopic (exact) mass is 461 g/mol. The van der Waals surface area contributed by atoms with Gasteiger partial charge >= 0.3 is 12.3 Å². The summed E-state index contributed by atoms with van der Waals surface area (Å²) in [7, 11) is -3.68. The van der Waals surface area contributed by atoms with Crippen LogP contribution in [0, 0.1) is 0 Å². The highest BCUT2D eigenvalue weighted by atomic mass is 32.2. The second-order valence-corrected chi connectivity index (χ2v) is 9.40. The number of morpholine rings is 2. The largest absolute Gasteiger partial charge is 0.434 e. The number of piperidine rings is 1. The third-order valence-corrected chi connectivity index (χ3v) is 7.52. The van der Waals surface area contributed by atoms with Crippen LogP contribution in [0.5, 0.6) is 0 Å². The number of halogens is 3. The molecule has 174 valence electrons. The van der Waals surface area contributed by atoms with Gasteiger partial charge in [0.15, 0.2) is 0 Å². The van der Waals surface area contributed by atoms with Gasteiger partial charge in [0.25, 0.3) is 10.2 Å². The van der Waals surface area contributed by atoms with Crippen LogP contribution >= 0.6 is 0 Å². The summed E-state index contributed by atoms with van der Waals surface area (Å²) in [6, 6.07) is 0. The molecule has 1 N–H and O–H groups in total. The number of ether oxygens (including phenoxy) is 3. The van der Waals surface area contributed by atoms with E-state index in [0.29, 0.717) is 13.2 Å². The molecule has 3 aliphatic heterocycles. The Morgan fingerprint density at radius 3 is 2.23 bits per heavy atom. The van der Waals surface area contributed by atoms with Crippen molar-refractivity contribution in [2.45, 2.75) is 30.7 Å². The first kappa shape index (κ1) is 23.5. The first-order chi connectivity index (χ1) is 14.1. The number of carbonyl (C=O) groups excluding carboxylic acids is 1. The molecule has 1 spiro atoms. The number of hydrogen-bond acceptors (Lipinski definition) is 7. The molecular weight excluding hydrogens is 435 g/mol. The van der Waals surface area contributed by atoms with E-state index in [-0.39, 0.29) is 58.7 Å². The average molecular weight is 461 g/mol. The van der Waals surface area contributed by atoms with Crippen LogP contribution in [0.4, 0.5) is 18.0 Å². The van der Waals surface area contributed by atoms with Gasteiger partial charge in [0, 0.05) is 39.3 Å². The van der Waals surface area contributed by atoms with Crippen molar-refractivity contribution in [3.63, 3.8) is 0 Å². The highest BCUT2D eigenvalue weighted by Crippen LogP contribution is 2.32. The second kappa shape index (κ2) is 9.12. The highest BCUT2D eigenvalue weighted by molar-refractivity contribution is 7.86. The van der Waals surface area contributed by atoms with Crippen LogP contribution in [0.25, 0.3) is 0 Å². The Hall–Kier alpha value is -1.19. The topological polar surface area (TPSA) is 109 Å². The van der Waals surface area contributed by atoms with Gasteiger partial charge in [-0.3, -0.25) is 0 Å². The van der Waals surface area contributed by atoms with Crippen molar-refractivity contribution in [1.29, 1.82) is 0 Å². The first-order valence-electron chi connectivity index (χ1n) is 9.67. The van der Waals surface area contributed by atoms with Gasteiger partial charge in [-0.05, 0) is 12.8 Å². The minimum Gasteiger partial charge on any atom is -0.434 e. The fourth-order valence-electron chi connectivity index (χ4n) is 3.75. The number of aliphatic hydroxyl groups excluding tert-OH is 1. The number of aliphatic hydroxyl groups is 1. The van der Waals surface area contributed by atoms with Crippen LogP contribution in [0.2, 0.25) is 0 Å². The summed E-state index contributed by atoms with van der Waals surface area (Å²) in [5.74, 6) is 0. The number of carbonyl (C=O) groups is 1. The standard InChI is InChI=1S/C16H26F3N3O7S/c17-16(18,19)13(11-23)29-14(24)20-3-1-15(2-4-20)12-22(7-10-28-15)30(25,26)21-5-8-27-9-6-21/h13,23H,1-12H2/t13-/m1/s1. The summed E-state index contributed by atoms with van der Waals surface area (Å²) >= 11 is 0. The maximum atomic E-state index is 12.9. The zero-order chi connectivity index (χ0) is 22.0. The third kappa shape index (κ3) is 5.16. The summed E-state index contributed by atoms with van der Waals surface area (Å²) < 4.78 is 82.1. The number of rotatable bonds is 4. The molecule has 1 amide bonds. The van der Waals surface area contributed by atoms with E-state index in [1.54, 1.807) is 0 Å². The lowest BCUT2D eigenvalue weighted by Gasteiger charge is -2.47. The van der Waals surface area contributed by atoms with Crippen molar-refractivity contribution in [1.82, 2.24) is 13.5 Å². The highest BCUT2D eigenvalue weighted by Gasteiger charge is 2.47. The Morgan fingerprint density at radius 1 is 1.07 bits per heavy atom. The van der Waals surface area contributed by atoms with E-state index in [4.69, 9.17) is 14.6 Å². The number of amides is 1. The number of nitrogens with zero attached hydrogens (tertiary/aromatic N) is 3. The van der Waals surface area contributed by atoms with Gasteiger partial charge in [-0.1, -0.05) is 0 Å². The second-order valence-electron chi connectivity index (χ2n) is 7.47. The van der Waals surface area contributed by atoms with Crippen molar-refractivity contribution in [3.8, 4) is 0 Å². The fourth-order valence-corrected chi connectivity index (χ4v) is 5.39. The maximum Gasteiger partial charge on any atom is 0.427 e. The van der Waals surface area contributed by atoms with Gasteiger partial charge in [-0.25, -0.2) is 4.79 Å².